The number of pyridine rings is 1. The molecule has 0 amide bonds. The highest BCUT2D eigenvalue weighted by atomic mass is 35.5. The van der Waals surface area contributed by atoms with E-state index < -0.39 is 5.97 Å². The van der Waals surface area contributed by atoms with Crippen LogP contribution in [0.2, 0.25) is 0 Å². The summed E-state index contributed by atoms with van der Waals surface area (Å²) in [7, 11) is 0. The van der Waals surface area contributed by atoms with Crippen LogP contribution in [0.25, 0.3) is 0 Å². The van der Waals surface area contributed by atoms with Crippen molar-refractivity contribution in [3.8, 4) is 0 Å². The monoisotopic (exact) mass is 202 g/mol. The standard InChI is InChI=1S/C8H10N2O2.ClH/c11-8(12)6-10-5-7-1-3-9-4-2-7;/h1-4,10H,5-6H2,(H,11,12);1H. The molecule has 1 rings (SSSR count). The van der Waals surface area contributed by atoms with Crippen molar-refractivity contribution in [1.82, 2.24) is 10.3 Å². The second-order valence-electron chi connectivity index (χ2n) is 2.35. The third kappa shape index (κ3) is 5.16. The van der Waals surface area contributed by atoms with Gasteiger partial charge in [-0.05, 0) is 17.7 Å². The van der Waals surface area contributed by atoms with Gasteiger partial charge in [0.25, 0.3) is 0 Å². The molecular formula is C8H11ClN2O2. The Bertz CT molecular complexity index is 254. The number of hydrogen-bond acceptors (Lipinski definition) is 3. The highest BCUT2D eigenvalue weighted by molar-refractivity contribution is 5.85. The Morgan fingerprint density at radius 2 is 2.08 bits per heavy atom. The van der Waals surface area contributed by atoms with E-state index in [2.05, 4.69) is 10.3 Å². The molecule has 0 spiro atoms. The van der Waals surface area contributed by atoms with Gasteiger partial charge in [-0.3, -0.25) is 9.78 Å². The van der Waals surface area contributed by atoms with Crippen molar-refractivity contribution >= 4 is 18.4 Å². The van der Waals surface area contributed by atoms with Crippen LogP contribution in [0.1, 0.15) is 5.56 Å². The fourth-order valence-corrected chi connectivity index (χ4v) is 0.814. The minimum absolute atomic E-state index is 0. The molecule has 0 fully saturated rings. The minimum Gasteiger partial charge on any atom is -0.480 e. The van der Waals surface area contributed by atoms with E-state index >= 15 is 0 Å². The molecule has 0 saturated heterocycles. The van der Waals surface area contributed by atoms with Crippen LogP contribution in [0.3, 0.4) is 0 Å². The number of nitrogens with zero attached hydrogens (tertiary/aromatic N) is 1. The average Bonchev–Trinajstić information content (AvgIpc) is 2.05. The predicted molar refractivity (Wildman–Crippen MR) is 50.8 cm³/mol. The second kappa shape index (κ2) is 6.39. The summed E-state index contributed by atoms with van der Waals surface area (Å²) in [6.45, 7) is 0.553. The zero-order chi connectivity index (χ0) is 8.81. The van der Waals surface area contributed by atoms with Crippen LogP contribution in [-0.4, -0.2) is 22.6 Å². The third-order valence-electron chi connectivity index (χ3n) is 1.35. The van der Waals surface area contributed by atoms with Crippen LogP contribution >= 0.6 is 12.4 Å². The second-order valence-corrected chi connectivity index (χ2v) is 2.35. The molecule has 0 atom stereocenters. The molecule has 0 aliphatic rings. The van der Waals surface area contributed by atoms with Gasteiger partial charge < -0.3 is 10.4 Å². The highest BCUT2D eigenvalue weighted by Gasteiger charge is 1.94. The molecule has 0 aliphatic heterocycles. The van der Waals surface area contributed by atoms with Crippen molar-refractivity contribution in [3.63, 3.8) is 0 Å². The number of aromatic nitrogens is 1. The Labute approximate surface area is 82.4 Å². The summed E-state index contributed by atoms with van der Waals surface area (Å²) in [5, 5.41) is 11.1. The molecule has 72 valence electrons. The molecule has 2 N–H and O–H groups in total. The molecule has 0 radical (unpaired) electrons. The molecule has 0 saturated carbocycles. The molecule has 1 heterocycles. The van der Waals surface area contributed by atoms with Gasteiger partial charge >= 0.3 is 5.97 Å². The Kier molecular flexibility index (Phi) is 5.84. The molecule has 0 aromatic carbocycles. The molecule has 0 aliphatic carbocycles. The number of rotatable bonds is 4. The van der Waals surface area contributed by atoms with Gasteiger partial charge in [0.15, 0.2) is 0 Å². The number of carbonyl (C=O) groups is 1. The third-order valence-corrected chi connectivity index (χ3v) is 1.35. The van der Waals surface area contributed by atoms with E-state index in [4.69, 9.17) is 5.11 Å². The van der Waals surface area contributed by atoms with Crippen LogP contribution < -0.4 is 5.32 Å². The first-order valence-electron chi connectivity index (χ1n) is 3.60. The smallest absolute Gasteiger partial charge is 0.317 e. The first-order chi connectivity index (χ1) is 5.79. The van der Waals surface area contributed by atoms with E-state index in [1.54, 1.807) is 12.4 Å². The van der Waals surface area contributed by atoms with E-state index in [1.165, 1.54) is 0 Å². The molecule has 1 aromatic heterocycles. The van der Waals surface area contributed by atoms with Gasteiger partial charge in [-0.25, -0.2) is 0 Å². The maximum atomic E-state index is 10.1. The number of halogens is 1. The summed E-state index contributed by atoms with van der Waals surface area (Å²) in [4.78, 5) is 14.0. The molecule has 1 aromatic rings. The van der Waals surface area contributed by atoms with Gasteiger partial charge in [-0.15, -0.1) is 12.4 Å². The normalized spacial score (nSPS) is 8.92. The van der Waals surface area contributed by atoms with E-state index in [0.29, 0.717) is 6.54 Å². The zero-order valence-electron chi connectivity index (χ0n) is 6.93. The van der Waals surface area contributed by atoms with Crippen LogP contribution in [0.15, 0.2) is 24.5 Å². The summed E-state index contributed by atoms with van der Waals surface area (Å²) in [6.07, 6.45) is 3.36. The number of hydrogen-bond donors (Lipinski definition) is 2. The number of carboxylic acids is 1. The van der Waals surface area contributed by atoms with Crippen LogP contribution in [0.5, 0.6) is 0 Å². The lowest BCUT2D eigenvalue weighted by atomic mass is 10.3. The summed E-state index contributed by atoms with van der Waals surface area (Å²) < 4.78 is 0. The zero-order valence-corrected chi connectivity index (χ0v) is 7.75. The average molecular weight is 203 g/mol. The van der Waals surface area contributed by atoms with E-state index in [0.717, 1.165) is 5.56 Å². The van der Waals surface area contributed by atoms with Gasteiger partial charge in [0.1, 0.15) is 0 Å². The maximum Gasteiger partial charge on any atom is 0.317 e. The Morgan fingerprint density at radius 1 is 1.46 bits per heavy atom. The first-order valence-corrected chi connectivity index (χ1v) is 3.60. The van der Waals surface area contributed by atoms with Crippen LogP contribution in [0.4, 0.5) is 0 Å². The van der Waals surface area contributed by atoms with Crippen molar-refractivity contribution in [2.45, 2.75) is 6.54 Å². The SMILES string of the molecule is Cl.O=C(O)CNCc1ccncc1. The molecular weight excluding hydrogens is 192 g/mol. The lowest BCUT2D eigenvalue weighted by molar-refractivity contribution is -0.135. The molecule has 13 heavy (non-hydrogen) atoms. The molecule has 0 bridgehead atoms. The lowest BCUT2D eigenvalue weighted by Gasteiger charge is -1.99. The van der Waals surface area contributed by atoms with Crippen LogP contribution in [-0.2, 0) is 11.3 Å². The topological polar surface area (TPSA) is 62.2 Å². The van der Waals surface area contributed by atoms with Gasteiger partial charge in [0.05, 0.1) is 6.54 Å². The largest absolute Gasteiger partial charge is 0.480 e. The molecule has 5 heteroatoms. The number of nitrogens with one attached hydrogen (secondary N) is 1. The van der Waals surface area contributed by atoms with Crippen molar-refractivity contribution in [3.05, 3.63) is 30.1 Å². The number of aliphatic carboxylic acids is 1. The van der Waals surface area contributed by atoms with E-state index in [-0.39, 0.29) is 19.0 Å². The quantitative estimate of drug-likeness (QED) is 0.754. The summed E-state index contributed by atoms with van der Waals surface area (Å²) in [5.74, 6) is -0.843. The summed E-state index contributed by atoms with van der Waals surface area (Å²) in [6, 6.07) is 3.68. The molecule has 0 unspecified atom stereocenters. The minimum atomic E-state index is -0.843. The fourth-order valence-electron chi connectivity index (χ4n) is 0.814. The molecule has 4 nitrogen and oxygen atoms in total. The number of carboxylic acid groups (broad SMARTS) is 1. The lowest BCUT2D eigenvalue weighted by Crippen LogP contribution is -2.21. The van der Waals surface area contributed by atoms with Crippen LogP contribution in [0, 0.1) is 0 Å². The van der Waals surface area contributed by atoms with Crippen molar-refractivity contribution < 1.29 is 9.90 Å². The Morgan fingerprint density at radius 3 is 2.62 bits per heavy atom. The summed E-state index contributed by atoms with van der Waals surface area (Å²) in [5.41, 5.74) is 1.03. The van der Waals surface area contributed by atoms with E-state index in [9.17, 15) is 4.79 Å². The van der Waals surface area contributed by atoms with Crippen molar-refractivity contribution in [2.75, 3.05) is 6.54 Å². The summed E-state index contributed by atoms with van der Waals surface area (Å²) >= 11 is 0. The highest BCUT2D eigenvalue weighted by Crippen LogP contribution is 1.93. The Hall–Kier alpha value is -1.13. The first kappa shape index (κ1) is 11.9. The fraction of sp³-hybridized carbons (Fsp3) is 0.250. The van der Waals surface area contributed by atoms with Gasteiger partial charge in [0, 0.05) is 18.9 Å². The van der Waals surface area contributed by atoms with Crippen molar-refractivity contribution in [2.24, 2.45) is 0 Å². The maximum absolute atomic E-state index is 10.1. The predicted octanol–water partition coefficient (Wildman–Crippen LogP) is 0.678. The Balaban J connectivity index is 0.00000144. The van der Waals surface area contributed by atoms with E-state index in [1.807, 2.05) is 12.1 Å². The van der Waals surface area contributed by atoms with Gasteiger partial charge in [0.2, 0.25) is 0 Å². The van der Waals surface area contributed by atoms with Crippen molar-refractivity contribution in [1.29, 1.82) is 0 Å². The van der Waals surface area contributed by atoms with Gasteiger partial charge in [-0.2, -0.15) is 0 Å². The van der Waals surface area contributed by atoms with Gasteiger partial charge in [-0.1, -0.05) is 0 Å².